The van der Waals surface area contributed by atoms with E-state index in [2.05, 4.69) is 40.9 Å². The average Bonchev–Trinajstić information content (AvgIpc) is 2.82. The minimum Gasteiger partial charge on any atom is -0.383 e. The molecule has 7 nitrogen and oxygen atoms in total. The first-order valence-electron chi connectivity index (χ1n) is 13.1. The van der Waals surface area contributed by atoms with Crippen molar-refractivity contribution >= 4 is 22.6 Å². The number of nitrogens with one attached hydrogen (secondary N) is 1. The summed E-state index contributed by atoms with van der Waals surface area (Å²) in [7, 11) is 0. The van der Waals surface area contributed by atoms with Crippen LogP contribution in [0.2, 0.25) is 0 Å². The number of fused-ring (bicyclic) bond motifs is 1. The molecule has 34 heavy (non-hydrogen) atoms. The number of hydrogen-bond donors (Lipinski definition) is 2. The molecule has 2 aromatic rings. The number of hydrogen-bond acceptors (Lipinski definition) is 6. The Hall–Kier alpha value is -2.25. The smallest absolute Gasteiger partial charge is 0.223 e. The zero-order chi connectivity index (χ0) is 24.2. The molecule has 2 heterocycles. The van der Waals surface area contributed by atoms with Crippen molar-refractivity contribution < 1.29 is 4.79 Å². The lowest BCUT2D eigenvalue weighted by Crippen LogP contribution is -2.59. The van der Waals surface area contributed by atoms with Crippen molar-refractivity contribution in [2.24, 2.45) is 17.8 Å². The highest BCUT2D eigenvalue weighted by molar-refractivity contribution is 5.87. The standard InChI is InChI=1S/C27H42N6O/c1-18(2)20(4)27(34)29-15-22-16-32(21-9-7-8-19(3)14-21)12-13-33(22)17-25-30-24-11-6-5-10-23(24)26(28)31-25/h5-6,10-11,18-22H,7-9,12-17H2,1-4H3,(H,29,34)(H2,28,30,31)/t19?,20-,21?,22?/m0/s1. The lowest BCUT2D eigenvalue weighted by Gasteiger charge is -2.46. The molecular formula is C27H42N6O. The minimum absolute atomic E-state index is 0.0101. The third-order valence-corrected chi connectivity index (χ3v) is 8.01. The van der Waals surface area contributed by atoms with Crippen LogP contribution in [0.1, 0.15) is 59.2 Å². The molecule has 7 heteroatoms. The van der Waals surface area contributed by atoms with Crippen LogP contribution in [0.5, 0.6) is 0 Å². The van der Waals surface area contributed by atoms with E-state index in [0.29, 0.717) is 30.9 Å². The molecule has 3 N–H and O–H groups in total. The summed E-state index contributed by atoms with van der Waals surface area (Å²) >= 11 is 0. The number of carbonyl (C=O) groups excluding carboxylic acids is 1. The minimum atomic E-state index is 0.0101. The molecule has 4 rings (SSSR count). The molecule has 1 aromatic heterocycles. The van der Waals surface area contributed by atoms with E-state index in [1.165, 1.54) is 25.7 Å². The van der Waals surface area contributed by atoms with E-state index in [4.69, 9.17) is 10.7 Å². The van der Waals surface area contributed by atoms with Crippen molar-refractivity contribution in [1.29, 1.82) is 0 Å². The van der Waals surface area contributed by atoms with Gasteiger partial charge in [0.1, 0.15) is 11.6 Å². The fourth-order valence-electron chi connectivity index (χ4n) is 5.47. The number of benzene rings is 1. The van der Waals surface area contributed by atoms with Crippen LogP contribution in [-0.4, -0.2) is 63.9 Å². The van der Waals surface area contributed by atoms with Crippen molar-refractivity contribution in [3.8, 4) is 0 Å². The van der Waals surface area contributed by atoms with Gasteiger partial charge >= 0.3 is 0 Å². The van der Waals surface area contributed by atoms with Crippen LogP contribution in [0.25, 0.3) is 10.9 Å². The highest BCUT2D eigenvalue weighted by Crippen LogP contribution is 2.29. The Morgan fingerprint density at radius 1 is 1.18 bits per heavy atom. The Bertz CT molecular complexity index is 979. The number of nitrogen functional groups attached to an aromatic ring is 1. The molecule has 4 atom stereocenters. The summed E-state index contributed by atoms with van der Waals surface area (Å²) in [6.07, 6.45) is 5.25. The van der Waals surface area contributed by atoms with E-state index in [-0.39, 0.29) is 17.9 Å². The molecule has 1 aliphatic heterocycles. The van der Waals surface area contributed by atoms with Crippen LogP contribution in [0.15, 0.2) is 24.3 Å². The Kier molecular flexibility index (Phi) is 8.04. The largest absolute Gasteiger partial charge is 0.383 e. The van der Waals surface area contributed by atoms with Gasteiger partial charge in [-0.15, -0.1) is 0 Å². The highest BCUT2D eigenvalue weighted by Gasteiger charge is 2.33. The normalized spacial score (nSPS) is 25.5. The summed E-state index contributed by atoms with van der Waals surface area (Å²) < 4.78 is 0. The summed E-state index contributed by atoms with van der Waals surface area (Å²) in [6.45, 7) is 12.9. The molecule has 0 bridgehead atoms. The number of para-hydroxylation sites is 1. The fourth-order valence-corrected chi connectivity index (χ4v) is 5.47. The molecule has 0 spiro atoms. The zero-order valence-corrected chi connectivity index (χ0v) is 21.3. The van der Waals surface area contributed by atoms with E-state index >= 15 is 0 Å². The molecule has 186 valence electrons. The number of carbonyl (C=O) groups is 1. The van der Waals surface area contributed by atoms with Gasteiger partial charge in [-0.05, 0) is 36.8 Å². The van der Waals surface area contributed by atoms with Crippen LogP contribution in [-0.2, 0) is 11.3 Å². The number of aromatic nitrogens is 2. The molecule has 2 fully saturated rings. The van der Waals surface area contributed by atoms with Crippen molar-refractivity contribution in [3.63, 3.8) is 0 Å². The summed E-state index contributed by atoms with van der Waals surface area (Å²) in [5.74, 6) is 2.57. The Morgan fingerprint density at radius 3 is 2.74 bits per heavy atom. The van der Waals surface area contributed by atoms with E-state index < -0.39 is 0 Å². The Labute approximate surface area is 204 Å². The van der Waals surface area contributed by atoms with Crippen molar-refractivity contribution in [2.45, 2.75) is 72.0 Å². The summed E-state index contributed by atoms with van der Waals surface area (Å²) in [5, 5.41) is 4.15. The fraction of sp³-hybridized carbons (Fsp3) is 0.667. The van der Waals surface area contributed by atoms with Crippen LogP contribution in [0.3, 0.4) is 0 Å². The van der Waals surface area contributed by atoms with E-state index in [1.807, 2.05) is 31.2 Å². The quantitative estimate of drug-likeness (QED) is 0.647. The predicted molar refractivity (Wildman–Crippen MR) is 138 cm³/mol. The number of nitrogens with two attached hydrogens (primary N) is 1. The second kappa shape index (κ2) is 11.0. The maximum absolute atomic E-state index is 12.7. The van der Waals surface area contributed by atoms with E-state index in [1.54, 1.807) is 0 Å². The molecule has 2 aliphatic rings. The van der Waals surface area contributed by atoms with Gasteiger partial charge in [0.2, 0.25) is 5.91 Å². The summed E-state index contributed by atoms with van der Waals surface area (Å²) in [5.41, 5.74) is 7.14. The van der Waals surface area contributed by atoms with Gasteiger partial charge in [0.05, 0.1) is 12.1 Å². The molecular weight excluding hydrogens is 424 g/mol. The van der Waals surface area contributed by atoms with Crippen molar-refractivity contribution in [3.05, 3.63) is 30.1 Å². The molecule has 1 aromatic carbocycles. The summed E-state index contributed by atoms with van der Waals surface area (Å²) in [6, 6.07) is 8.79. The molecule has 0 radical (unpaired) electrons. The third kappa shape index (κ3) is 5.87. The number of anilines is 1. The first kappa shape index (κ1) is 24.9. The SMILES string of the molecule is CC1CCCC(N2CCN(Cc3nc(N)c4ccccc4n3)C(CNC(=O)[C@@H](C)C(C)C)C2)C1. The van der Waals surface area contributed by atoms with E-state index in [0.717, 1.165) is 42.3 Å². The van der Waals surface area contributed by atoms with Crippen molar-refractivity contribution in [1.82, 2.24) is 25.1 Å². The lowest BCUT2D eigenvalue weighted by atomic mass is 9.85. The van der Waals surface area contributed by atoms with Crippen LogP contribution in [0, 0.1) is 17.8 Å². The molecule has 1 aliphatic carbocycles. The van der Waals surface area contributed by atoms with Crippen LogP contribution in [0.4, 0.5) is 5.82 Å². The molecule has 1 amide bonds. The number of nitrogens with zero attached hydrogens (tertiary/aromatic N) is 4. The van der Waals surface area contributed by atoms with Gasteiger partial charge in [-0.1, -0.05) is 52.7 Å². The number of amides is 1. The Morgan fingerprint density at radius 2 is 1.97 bits per heavy atom. The maximum atomic E-state index is 12.7. The first-order valence-corrected chi connectivity index (χ1v) is 13.1. The highest BCUT2D eigenvalue weighted by atomic mass is 16.1. The lowest BCUT2D eigenvalue weighted by molar-refractivity contribution is -0.126. The average molecular weight is 467 g/mol. The second-order valence-electron chi connectivity index (χ2n) is 10.9. The Balaban J connectivity index is 1.49. The molecule has 1 saturated heterocycles. The van der Waals surface area contributed by atoms with Crippen LogP contribution < -0.4 is 11.1 Å². The topological polar surface area (TPSA) is 87.4 Å². The number of rotatable bonds is 7. The van der Waals surface area contributed by atoms with Gasteiger partial charge in [-0.2, -0.15) is 0 Å². The maximum Gasteiger partial charge on any atom is 0.223 e. The molecule has 3 unspecified atom stereocenters. The van der Waals surface area contributed by atoms with Gasteiger partial charge in [0.15, 0.2) is 0 Å². The third-order valence-electron chi connectivity index (χ3n) is 8.01. The van der Waals surface area contributed by atoms with Gasteiger partial charge in [-0.3, -0.25) is 14.6 Å². The monoisotopic (exact) mass is 466 g/mol. The second-order valence-corrected chi connectivity index (χ2v) is 10.9. The first-order chi connectivity index (χ1) is 16.3. The van der Waals surface area contributed by atoms with E-state index in [9.17, 15) is 4.79 Å². The zero-order valence-electron chi connectivity index (χ0n) is 21.3. The van der Waals surface area contributed by atoms with Gasteiger partial charge < -0.3 is 11.1 Å². The van der Waals surface area contributed by atoms with Gasteiger partial charge in [-0.25, -0.2) is 9.97 Å². The van der Waals surface area contributed by atoms with Gasteiger partial charge in [0.25, 0.3) is 0 Å². The molecule has 1 saturated carbocycles. The van der Waals surface area contributed by atoms with Gasteiger partial charge in [0, 0.05) is 49.6 Å². The number of piperazine rings is 1. The predicted octanol–water partition coefficient (Wildman–Crippen LogP) is 3.69. The summed E-state index contributed by atoms with van der Waals surface area (Å²) in [4.78, 5) is 27.2. The van der Waals surface area contributed by atoms with Crippen LogP contribution >= 0.6 is 0 Å². The van der Waals surface area contributed by atoms with Crippen molar-refractivity contribution in [2.75, 3.05) is 31.9 Å².